The molecule has 1 N–H and O–H groups in total. The number of benzene rings is 1. The molecule has 0 fully saturated rings. The first kappa shape index (κ1) is 21.1. The number of hydrogen-bond acceptors (Lipinski definition) is 3. The monoisotopic (exact) mass is 411 g/mol. The van der Waals surface area contributed by atoms with Crippen molar-refractivity contribution in [1.82, 2.24) is 15.1 Å². The number of amides is 3. The Labute approximate surface area is 177 Å². The van der Waals surface area contributed by atoms with Crippen molar-refractivity contribution in [3.05, 3.63) is 70.4 Å². The van der Waals surface area contributed by atoms with Gasteiger partial charge in [0.05, 0.1) is 6.04 Å². The van der Waals surface area contributed by atoms with Crippen molar-refractivity contribution < 1.29 is 9.59 Å². The fourth-order valence-electron chi connectivity index (χ4n) is 3.61. The number of rotatable bonds is 5. The normalized spacial score (nSPS) is 16.1. The fraction of sp³-hybridized carbons (Fsp3) is 0.391. The standard InChI is InChI=1S/C23H29N3O2S/c1-5-13-25(22(28)24-23(2,3)4)16-20(27)26-14-11-19-18(12-15-29-19)21(26)17-9-7-6-8-10-17/h5-10,12,15,21H,1,11,13-14,16H2,2-4H3,(H,24,28). The first-order valence-electron chi connectivity index (χ1n) is 9.89. The SMILES string of the molecule is C=CCN(CC(=O)N1CCc2sccc2C1c1ccccc1)C(=O)NC(C)(C)C. The van der Waals surface area contributed by atoms with Crippen molar-refractivity contribution >= 4 is 23.3 Å². The van der Waals surface area contributed by atoms with Gasteiger partial charge in [0.25, 0.3) is 0 Å². The third-order valence-corrected chi connectivity index (χ3v) is 5.84. The van der Waals surface area contributed by atoms with Crippen LogP contribution in [0.4, 0.5) is 4.79 Å². The number of carbonyl (C=O) groups is 2. The lowest BCUT2D eigenvalue weighted by atomic mass is 9.93. The van der Waals surface area contributed by atoms with Crippen molar-refractivity contribution in [3.63, 3.8) is 0 Å². The zero-order valence-corrected chi connectivity index (χ0v) is 18.2. The van der Waals surface area contributed by atoms with Crippen LogP contribution in [0.1, 0.15) is 42.8 Å². The molecule has 0 bridgehead atoms. The van der Waals surface area contributed by atoms with Crippen LogP contribution in [0.25, 0.3) is 0 Å². The van der Waals surface area contributed by atoms with E-state index in [1.54, 1.807) is 17.4 Å². The Bertz CT molecular complexity index is 870. The van der Waals surface area contributed by atoms with Crippen LogP contribution in [-0.4, -0.2) is 46.9 Å². The van der Waals surface area contributed by atoms with Gasteiger partial charge in [-0.1, -0.05) is 36.4 Å². The lowest BCUT2D eigenvalue weighted by Gasteiger charge is -2.37. The number of thiophene rings is 1. The minimum absolute atomic E-state index is 0.0245. The van der Waals surface area contributed by atoms with E-state index in [0.29, 0.717) is 13.1 Å². The van der Waals surface area contributed by atoms with Gasteiger partial charge in [0.1, 0.15) is 6.54 Å². The summed E-state index contributed by atoms with van der Waals surface area (Å²) in [5.74, 6) is -0.0541. The van der Waals surface area contributed by atoms with Gasteiger partial charge in [0.15, 0.2) is 0 Å². The number of fused-ring (bicyclic) bond motifs is 1. The number of hydrogen-bond donors (Lipinski definition) is 1. The molecule has 1 unspecified atom stereocenters. The molecule has 1 atom stereocenters. The van der Waals surface area contributed by atoms with E-state index in [0.717, 1.165) is 12.0 Å². The highest BCUT2D eigenvalue weighted by Gasteiger charge is 2.34. The van der Waals surface area contributed by atoms with E-state index < -0.39 is 0 Å². The molecule has 1 aliphatic rings. The molecule has 6 heteroatoms. The van der Waals surface area contributed by atoms with Crippen molar-refractivity contribution in [2.75, 3.05) is 19.6 Å². The fourth-order valence-corrected chi connectivity index (χ4v) is 4.51. The molecule has 154 valence electrons. The third-order valence-electron chi connectivity index (χ3n) is 4.85. The van der Waals surface area contributed by atoms with Crippen LogP contribution in [0.2, 0.25) is 0 Å². The van der Waals surface area contributed by atoms with E-state index in [2.05, 4.69) is 35.5 Å². The Balaban J connectivity index is 1.84. The lowest BCUT2D eigenvalue weighted by Crippen LogP contribution is -2.52. The molecule has 2 heterocycles. The molecule has 1 aromatic carbocycles. The first-order chi connectivity index (χ1) is 13.8. The average Bonchev–Trinajstić information content (AvgIpc) is 3.15. The molecule has 0 saturated heterocycles. The van der Waals surface area contributed by atoms with Gasteiger partial charge >= 0.3 is 6.03 Å². The summed E-state index contributed by atoms with van der Waals surface area (Å²) in [6.45, 7) is 10.5. The molecular formula is C23H29N3O2S. The van der Waals surface area contributed by atoms with Crippen LogP contribution in [0.15, 0.2) is 54.4 Å². The van der Waals surface area contributed by atoms with Crippen LogP contribution in [0.3, 0.4) is 0 Å². The predicted molar refractivity (Wildman–Crippen MR) is 118 cm³/mol. The summed E-state index contributed by atoms with van der Waals surface area (Å²) in [7, 11) is 0. The number of urea groups is 1. The highest BCUT2D eigenvalue weighted by atomic mass is 32.1. The lowest BCUT2D eigenvalue weighted by molar-refractivity contribution is -0.133. The van der Waals surface area contributed by atoms with E-state index in [9.17, 15) is 9.59 Å². The van der Waals surface area contributed by atoms with Crippen LogP contribution >= 0.6 is 11.3 Å². The summed E-state index contributed by atoms with van der Waals surface area (Å²) in [6.07, 6.45) is 2.50. The van der Waals surface area contributed by atoms with Gasteiger partial charge in [-0.05, 0) is 49.8 Å². The van der Waals surface area contributed by atoms with Crippen molar-refractivity contribution in [3.8, 4) is 0 Å². The van der Waals surface area contributed by atoms with Gasteiger partial charge < -0.3 is 15.1 Å². The van der Waals surface area contributed by atoms with Gasteiger partial charge in [-0.15, -0.1) is 17.9 Å². The van der Waals surface area contributed by atoms with E-state index in [-0.39, 0.29) is 30.1 Å². The van der Waals surface area contributed by atoms with E-state index in [1.165, 1.54) is 15.3 Å². The summed E-state index contributed by atoms with van der Waals surface area (Å²) in [5, 5.41) is 5.03. The quantitative estimate of drug-likeness (QED) is 0.749. The summed E-state index contributed by atoms with van der Waals surface area (Å²) in [4.78, 5) is 30.8. The number of nitrogens with one attached hydrogen (secondary N) is 1. The second kappa shape index (κ2) is 8.82. The number of carbonyl (C=O) groups excluding carboxylic acids is 2. The van der Waals surface area contributed by atoms with Gasteiger partial charge in [-0.25, -0.2) is 4.79 Å². The maximum absolute atomic E-state index is 13.3. The Morgan fingerprint density at radius 1 is 1.28 bits per heavy atom. The topological polar surface area (TPSA) is 52.7 Å². The third kappa shape index (κ3) is 5.07. The maximum Gasteiger partial charge on any atom is 0.318 e. The van der Waals surface area contributed by atoms with Crippen molar-refractivity contribution in [2.24, 2.45) is 0 Å². The molecule has 29 heavy (non-hydrogen) atoms. The highest BCUT2D eigenvalue weighted by molar-refractivity contribution is 7.10. The second-order valence-corrected chi connectivity index (χ2v) is 9.30. The number of nitrogens with zero attached hydrogens (tertiary/aromatic N) is 2. The largest absolute Gasteiger partial charge is 0.333 e. The van der Waals surface area contributed by atoms with Crippen LogP contribution in [0.5, 0.6) is 0 Å². The predicted octanol–water partition coefficient (Wildman–Crippen LogP) is 4.22. The zero-order valence-electron chi connectivity index (χ0n) is 17.4. The van der Waals surface area contributed by atoms with E-state index in [1.807, 2.05) is 43.9 Å². The molecule has 3 amide bonds. The van der Waals surface area contributed by atoms with Gasteiger partial charge in [-0.2, -0.15) is 0 Å². The van der Waals surface area contributed by atoms with Gasteiger partial charge in [0.2, 0.25) is 5.91 Å². The zero-order chi connectivity index (χ0) is 21.0. The summed E-state index contributed by atoms with van der Waals surface area (Å²) in [6, 6.07) is 11.8. The van der Waals surface area contributed by atoms with Gasteiger partial charge in [0, 0.05) is 23.5 Å². The maximum atomic E-state index is 13.3. The van der Waals surface area contributed by atoms with Crippen molar-refractivity contribution in [2.45, 2.75) is 38.8 Å². The molecule has 1 aromatic heterocycles. The molecule has 3 rings (SSSR count). The average molecular weight is 412 g/mol. The Morgan fingerprint density at radius 3 is 2.66 bits per heavy atom. The first-order valence-corrected chi connectivity index (χ1v) is 10.8. The minimum Gasteiger partial charge on any atom is -0.333 e. The van der Waals surface area contributed by atoms with E-state index in [4.69, 9.17) is 0 Å². The second-order valence-electron chi connectivity index (χ2n) is 8.30. The molecule has 1 aliphatic heterocycles. The molecule has 5 nitrogen and oxygen atoms in total. The Kier molecular flexibility index (Phi) is 6.42. The Morgan fingerprint density at radius 2 is 2.00 bits per heavy atom. The summed E-state index contributed by atoms with van der Waals surface area (Å²) < 4.78 is 0. The van der Waals surface area contributed by atoms with Crippen molar-refractivity contribution in [1.29, 1.82) is 0 Å². The summed E-state index contributed by atoms with van der Waals surface area (Å²) >= 11 is 1.75. The van der Waals surface area contributed by atoms with Crippen LogP contribution < -0.4 is 5.32 Å². The highest BCUT2D eigenvalue weighted by Crippen LogP contribution is 2.37. The molecular weight excluding hydrogens is 382 g/mol. The molecule has 0 saturated carbocycles. The Hall–Kier alpha value is -2.60. The minimum atomic E-state index is -0.372. The molecule has 0 radical (unpaired) electrons. The smallest absolute Gasteiger partial charge is 0.318 e. The van der Waals surface area contributed by atoms with E-state index >= 15 is 0 Å². The van der Waals surface area contributed by atoms with Gasteiger partial charge in [-0.3, -0.25) is 4.79 Å². The van der Waals surface area contributed by atoms with Crippen LogP contribution in [-0.2, 0) is 11.2 Å². The molecule has 2 aromatic rings. The molecule has 0 aliphatic carbocycles. The summed E-state index contributed by atoms with van der Waals surface area (Å²) in [5.41, 5.74) is 1.91. The van der Waals surface area contributed by atoms with Crippen LogP contribution in [0, 0.1) is 0 Å². The molecule has 0 spiro atoms.